The standard InChI is InChI=1S/C57H103NO8/c1-3-5-7-9-11-13-15-17-19-21-23-24-25-26-27-29-30-32-34-36-38-40-42-44-46-51(60)50(49-65-57-56(64)55(63)54(62)52(48-59)66-57)58-53(61)47-45-43-41-39-37-35-33-31-28-22-20-18-16-14-12-10-8-6-4-2/h12,14,18,20,28,31,36,38,44,46,50-52,54-57,59-60,62-64H,3-11,13,15-17,19,21-27,29-30,32-35,37,39-43,45,47-49H2,1-2H3,(H,58,61)/b14-12-,20-18-,31-28-,38-36+,46-44+. The molecule has 9 heteroatoms. The Bertz CT molecular complexity index is 1220. The summed E-state index contributed by atoms with van der Waals surface area (Å²) in [5.41, 5.74) is 0. The summed E-state index contributed by atoms with van der Waals surface area (Å²) < 4.78 is 11.2. The lowest BCUT2D eigenvalue weighted by Crippen LogP contribution is -2.60. The van der Waals surface area contributed by atoms with E-state index in [9.17, 15) is 30.3 Å². The van der Waals surface area contributed by atoms with Crippen LogP contribution in [0, 0.1) is 0 Å². The summed E-state index contributed by atoms with van der Waals surface area (Å²) in [6, 6.07) is -0.832. The number of allylic oxidation sites excluding steroid dienone is 9. The first kappa shape index (κ1) is 61.9. The number of unbranched alkanes of at least 4 members (excludes halogenated alkanes) is 28. The average Bonchev–Trinajstić information content (AvgIpc) is 3.32. The lowest BCUT2D eigenvalue weighted by molar-refractivity contribution is -0.302. The summed E-state index contributed by atoms with van der Waals surface area (Å²) in [7, 11) is 0. The molecule has 0 bridgehead atoms. The first-order valence-corrected chi connectivity index (χ1v) is 27.5. The van der Waals surface area contributed by atoms with Crippen molar-refractivity contribution < 1.29 is 39.8 Å². The molecule has 1 saturated heterocycles. The first-order valence-electron chi connectivity index (χ1n) is 27.5. The van der Waals surface area contributed by atoms with E-state index in [1.807, 2.05) is 6.08 Å². The van der Waals surface area contributed by atoms with Crippen LogP contribution in [0.5, 0.6) is 0 Å². The van der Waals surface area contributed by atoms with Crippen molar-refractivity contribution in [1.82, 2.24) is 5.32 Å². The number of rotatable bonds is 46. The van der Waals surface area contributed by atoms with Crippen molar-refractivity contribution in [3.8, 4) is 0 Å². The van der Waals surface area contributed by atoms with Gasteiger partial charge in [-0.3, -0.25) is 4.79 Å². The van der Waals surface area contributed by atoms with Crippen molar-refractivity contribution in [2.24, 2.45) is 0 Å². The zero-order valence-corrected chi connectivity index (χ0v) is 42.4. The van der Waals surface area contributed by atoms with Gasteiger partial charge in [-0.25, -0.2) is 0 Å². The Morgan fingerprint density at radius 1 is 0.515 bits per heavy atom. The number of carbonyl (C=O) groups excluding carboxylic acids is 1. The van der Waals surface area contributed by atoms with E-state index < -0.39 is 49.5 Å². The quantitative estimate of drug-likeness (QED) is 0.0261. The summed E-state index contributed by atoms with van der Waals surface area (Å²) in [6.07, 6.45) is 55.6. The van der Waals surface area contributed by atoms with Crippen LogP contribution < -0.4 is 5.32 Å². The Kier molecular flexibility index (Phi) is 43.7. The van der Waals surface area contributed by atoms with Crippen LogP contribution in [0.25, 0.3) is 0 Å². The molecule has 384 valence electrons. The molecule has 1 heterocycles. The lowest BCUT2D eigenvalue weighted by atomic mass is 9.99. The SMILES string of the molecule is CCCCC/C=C\C/C=C\C/C=C\CCCCCCCCC(=O)NC(COC1OC(CO)C(O)C(O)C1O)C(O)/C=C/CC/C=C/CCCCCCCCCCCCCCCCCCCC. The van der Waals surface area contributed by atoms with Gasteiger partial charge in [0, 0.05) is 6.42 Å². The molecule has 66 heavy (non-hydrogen) atoms. The molecule has 0 aromatic rings. The van der Waals surface area contributed by atoms with Crippen molar-refractivity contribution in [2.75, 3.05) is 13.2 Å². The van der Waals surface area contributed by atoms with Gasteiger partial charge in [0.05, 0.1) is 25.4 Å². The predicted molar refractivity (Wildman–Crippen MR) is 276 cm³/mol. The van der Waals surface area contributed by atoms with E-state index in [4.69, 9.17) is 9.47 Å². The van der Waals surface area contributed by atoms with E-state index in [-0.39, 0.29) is 12.5 Å². The van der Waals surface area contributed by atoms with Gasteiger partial charge in [0.25, 0.3) is 0 Å². The third-order valence-corrected chi connectivity index (χ3v) is 12.8. The molecule has 1 fully saturated rings. The number of nitrogens with one attached hydrogen (secondary N) is 1. The van der Waals surface area contributed by atoms with Crippen LogP contribution in [0.4, 0.5) is 0 Å². The monoisotopic (exact) mass is 930 g/mol. The maximum absolute atomic E-state index is 13.0. The second-order valence-corrected chi connectivity index (χ2v) is 19.0. The second-order valence-electron chi connectivity index (χ2n) is 19.0. The van der Waals surface area contributed by atoms with E-state index >= 15 is 0 Å². The summed E-state index contributed by atoms with van der Waals surface area (Å²) in [6.45, 7) is 3.74. The molecule has 0 saturated carbocycles. The highest BCUT2D eigenvalue weighted by atomic mass is 16.7. The molecule has 6 N–H and O–H groups in total. The average molecular weight is 930 g/mol. The van der Waals surface area contributed by atoms with E-state index in [1.165, 1.54) is 154 Å². The van der Waals surface area contributed by atoms with Gasteiger partial charge in [-0.15, -0.1) is 0 Å². The Balaban J connectivity index is 2.30. The molecule has 1 amide bonds. The van der Waals surface area contributed by atoms with E-state index in [0.717, 1.165) is 64.2 Å². The van der Waals surface area contributed by atoms with Crippen LogP contribution in [-0.4, -0.2) is 87.5 Å². The highest BCUT2D eigenvalue weighted by molar-refractivity contribution is 5.76. The molecule has 1 aliphatic rings. The normalized spacial score (nSPS) is 20.3. The molecule has 1 rings (SSSR count). The van der Waals surface area contributed by atoms with E-state index in [1.54, 1.807) is 6.08 Å². The van der Waals surface area contributed by atoms with Crippen molar-refractivity contribution in [1.29, 1.82) is 0 Å². The minimum Gasteiger partial charge on any atom is -0.394 e. The van der Waals surface area contributed by atoms with Crippen LogP contribution in [0.15, 0.2) is 60.8 Å². The van der Waals surface area contributed by atoms with Crippen molar-refractivity contribution in [3.63, 3.8) is 0 Å². The number of hydrogen-bond donors (Lipinski definition) is 6. The fourth-order valence-corrected chi connectivity index (χ4v) is 8.41. The predicted octanol–water partition coefficient (Wildman–Crippen LogP) is 13.1. The largest absolute Gasteiger partial charge is 0.394 e. The Morgan fingerprint density at radius 2 is 0.909 bits per heavy atom. The van der Waals surface area contributed by atoms with Crippen molar-refractivity contribution in [3.05, 3.63) is 60.8 Å². The highest BCUT2D eigenvalue weighted by Crippen LogP contribution is 2.23. The first-order chi connectivity index (χ1) is 32.3. The molecule has 7 unspecified atom stereocenters. The molecular formula is C57H103NO8. The van der Waals surface area contributed by atoms with Gasteiger partial charge >= 0.3 is 0 Å². The molecule has 0 aromatic heterocycles. The zero-order valence-electron chi connectivity index (χ0n) is 42.4. The van der Waals surface area contributed by atoms with Gasteiger partial charge in [-0.1, -0.05) is 222 Å². The molecule has 0 spiro atoms. The van der Waals surface area contributed by atoms with Crippen LogP contribution >= 0.6 is 0 Å². The minimum atomic E-state index is -1.58. The van der Waals surface area contributed by atoms with Gasteiger partial charge in [0.2, 0.25) is 5.91 Å². The van der Waals surface area contributed by atoms with Crippen LogP contribution in [0.1, 0.15) is 239 Å². The Morgan fingerprint density at radius 3 is 1.41 bits per heavy atom. The van der Waals surface area contributed by atoms with Gasteiger partial charge in [0.15, 0.2) is 6.29 Å². The molecule has 0 aliphatic carbocycles. The number of aliphatic hydroxyl groups excluding tert-OH is 5. The fourth-order valence-electron chi connectivity index (χ4n) is 8.41. The Hall–Kier alpha value is -2.11. The number of hydrogen-bond acceptors (Lipinski definition) is 8. The Labute approximate surface area is 405 Å². The zero-order chi connectivity index (χ0) is 48.0. The summed E-state index contributed by atoms with van der Waals surface area (Å²) in [5, 5.41) is 54.4. The minimum absolute atomic E-state index is 0.199. The molecule has 1 aliphatic heterocycles. The molecule has 0 aromatic carbocycles. The molecular weight excluding hydrogens is 827 g/mol. The third kappa shape index (κ3) is 36.0. The number of amides is 1. The molecule has 9 nitrogen and oxygen atoms in total. The van der Waals surface area contributed by atoms with Crippen molar-refractivity contribution in [2.45, 2.75) is 281 Å². The van der Waals surface area contributed by atoms with Gasteiger partial charge in [0.1, 0.15) is 24.4 Å². The number of carbonyl (C=O) groups is 1. The fraction of sp³-hybridized carbons (Fsp3) is 0.807. The smallest absolute Gasteiger partial charge is 0.220 e. The second kappa shape index (κ2) is 46.6. The van der Waals surface area contributed by atoms with Gasteiger partial charge < -0.3 is 40.3 Å². The lowest BCUT2D eigenvalue weighted by Gasteiger charge is -2.40. The topological polar surface area (TPSA) is 149 Å². The summed E-state index contributed by atoms with van der Waals surface area (Å²) >= 11 is 0. The number of ether oxygens (including phenoxy) is 2. The van der Waals surface area contributed by atoms with E-state index in [0.29, 0.717) is 6.42 Å². The molecule has 7 atom stereocenters. The van der Waals surface area contributed by atoms with Crippen LogP contribution in [0.3, 0.4) is 0 Å². The summed E-state index contributed by atoms with van der Waals surface area (Å²) in [4.78, 5) is 13.0. The van der Waals surface area contributed by atoms with Crippen LogP contribution in [-0.2, 0) is 14.3 Å². The number of aliphatic hydroxyl groups is 5. The maximum Gasteiger partial charge on any atom is 0.220 e. The van der Waals surface area contributed by atoms with E-state index in [2.05, 4.69) is 67.8 Å². The van der Waals surface area contributed by atoms with Crippen molar-refractivity contribution >= 4 is 5.91 Å². The highest BCUT2D eigenvalue weighted by Gasteiger charge is 2.44. The molecule has 0 radical (unpaired) electrons. The van der Waals surface area contributed by atoms with Gasteiger partial charge in [-0.05, 0) is 70.6 Å². The van der Waals surface area contributed by atoms with Gasteiger partial charge in [-0.2, -0.15) is 0 Å². The third-order valence-electron chi connectivity index (χ3n) is 12.8. The van der Waals surface area contributed by atoms with Crippen LogP contribution in [0.2, 0.25) is 0 Å². The maximum atomic E-state index is 13.0. The summed E-state index contributed by atoms with van der Waals surface area (Å²) in [5.74, 6) is -0.199.